The van der Waals surface area contributed by atoms with Gasteiger partial charge in [0.05, 0.1) is 7.11 Å². The molecule has 2 nitrogen and oxygen atoms in total. The second kappa shape index (κ2) is 5.92. The zero-order valence-corrected chi connectivity index (χ0v) is 7.87. The second-order valence-electron chi connectivity index (χ2n) is 1.75. The predicted octanol–water partition coefficient (Wildman–Crippen LogP) is 1.56. The van der Waals surface area contributed by atoms with Crippen LogP contribution in [0.4, 0.5) is 0 Å². The van der Waals surface area contributed by atoms with Crippen LogP contribution in [0.15, 0.2) is 0 Å². The molecular formula is C6H12O2S2. The molecule has 0 aromatic heterocycles. The van der Waals surface area contributed by atoms with Crippen molar-refractivity contribution in [2.45, 2.75) is 17.9 Å². The van der Waals surface area contributed by atoms with E-state index in [4.69, 9.17) is 0 Å². The predicted molar refractivity (Wildman–Crippen MR) is 47.5 cm³/mol. The Balaban J connectivity index is 3.41. The molecule has 0 bridgehead atoms. The Morgan fingerprint density at radius 2 is 2.40 bits per heavy atom. The lowest BCUT2D eigenvalue weighted by Gasteiger charge is -2.05. The van der Waals surface area contributed by atoms with Gasteiger partial charge in [0.25, 0.3) is 0 Å². The summed E-state index contributed by atoms with van der Waals surface area (Å²) in [6, 6.07) is 0. The van der Waals surface area contributed by atoms with Crippen molar-refractivity contribution in [3.63, 3.8) is 0 Å². The first-order chi connectivity index (χ1) is 4.72. The van der Waals surface area contributed by atoms with E-state index >= 15 is 0 Å². The molecule has 0 radical (unpaired) electrons. The first-order valence-corrected chi connectivity index (χ1v) is 4.66. The highest BCUT2D eigenvalue weighted by Gasteiger charge is 2.12. The molecule has 0 aliphatic rings. The molecule has 4 heteroatoms. The largest absolute Gasteiger partial charge is 0.468 e. The van der Waals surface area contributed by atoms with E-state index in [2.05, 4.69) is 24.3 Å². The van der Waals surface area contributed by atoms with Gasteiger partial charge in [-0.3, -0.25) is 0 Å². The molecule has 0 spiro atoms. The molecule has 0 aliphatic carbocycles. The average molecular weight is 180 g/mol. The fourth-order valence-corrected chi connectivity index (χ4v) is 1.51. The Hall–Kier alpha value is 0.170. The van der Waals surface area contributed by atoms with Gasteiger partial charge in [0.1, 0.15) is 4.58 Å². The molecule has 0 saturated carbocycles. The lowest BCUT2D eigenvalue weighted by Crippen LogP contribution is -2.12. The SMILES string of the molecule is CCCSC(S)C(=O)OC. The summed E-state index contributed by atoms with van der Waals surface area (Å²) in [5.74, 6) is 0.685. The normalized spacial score (nSPS) is 12.7. The number of hydrogen-bond donors (Lipinski definition) is 1. The summed E-state index contributed by atoms with van der Waals surface area (Å²) in [5, 5.41) is 0. The number of thioether (sulfide) groups is 1. The van der Waals surface area contributed by atoms with Crippen LogP contribution < -0.4 is 0 Å². The van der Waals surface area contributed by atoms with Crippen LogP contribution in [0, 0.1) is 0 Å². The van der Waals surface area contributed by atoms with Crippen LogP contribution in [0.1, 0.15) is 13.3 Å². The van der Waals surface area contributed by atoms with E-state index in [1.165, 1.54) is 18.9 Å². The van der Waals surface area contributed by atoms with Gasteiger partial charge in [-0.2, -0.15) is 12.6 Å². The quantitative estimate of drug-likeness (QED) is 0.404. The highest BCUT2D eigenvalue weighted by atomic mass is 32.2. The van der Waals surface area contributed by atoms with E-state index in [0.717, 1.165) is 12.2 Å². The lowest BCUT2D eigenvalue weighted by atomic mass is 10.6. The Morgan fingerprint density at radius 3 is 2.80 bits per heavy atom. The molecule has 60 valence electrons. The Morgan fingerprint density at radius 1 is 1.80 bits per heavy atom. The van der Waals surface area contributed by atoms with E-state index in [-0.39, 0.29) is 10.6 Å². The molecule has 0 aromatic carbocycles. The van der Waals surface area contributed by atoms with Crippen molar-refractivity contribution in [2.24, 2.45) is 0 Å². The molecule has 0 aromatic rings. The third-order valence-electron chi connectivity index (χ3n) is 0.883. The number of ether oxygens (including phenoxy) is 1. The minimum atomic E-state index is -0.315. The first-order valence-electron chi connectivity index (χ1n) is 3.09. The minimum Gasteiger partial charge on any atom is -0.468 e. The number of hydrogen-bond acceptors (Lipinski definition) is 4. The number of esters is 1. The van der Waals surface area contributed by atoms with Gasteiger partial charge in [-0.25, -0.2) is 4.79 Å². The van der Waals surface area contributed by atoms with Crippen LogP contribution in [0.3, 0.4) is 0 Å². The fraction of sp³-hybridized carbons (Fsp3) is 0.833. The number of carbonyl (C=O) groups is 1. The monoisotopic (exact) mass is 180 g/mol. The summed E-state index contributed by atoms with van der Waals surface area (Å²) in [4.78, 5) is 10.7. The topological polar surface area (TPSA) is 26.3 Å². The zero-order valence-electron chi connectivity index (χ0n) is 6.16. The summed E-state index contributed by atoms with van der Waals surface area (Å²) in [5.41, 5.74) is 0. The highest BCUT2D eigenvalue weighted by Crippen LogP contribution is 2.16. The van der Waals surface area contributed by atoms with E-state index in [1.807, 2.05) is 0 Å². The molecule has 0 saturated heterocycles. The van der Waals surface area contributed by atoms with Crippen LogP contribution in [0.25, 0.3) is 0 Å². The maximum Gasteiger partial charge on any atom is 0.328 e. The number of carbonyl (C=O) groups excluding carboxylic acids is 1. The summed E-state index contributed by atoms with van der Waals surface area (Å²) in [7, 11) is 1.37. The zero-order chi connectivity index (χ0) is 7.98. The van der Waals surface area contributed by atoms with Gasteiger partial charge in [0.15, 0.2) is 0 Å². The maximum absolute atomic E-state index is 10.7. The van der Waals surface area contributed by atoms with Gasteiger partial charge in [-0.15, -0.1) is 11.8 Å². The fourth-order valence-electron chi connectivity index (χ4n) is 0.398. The average Bonchev–Trinajstić information content (AvgIpc) is 1.98. The third kappa shape index (κ3) is 4.06. The van der Waals surface area contributed by atoms with Crippen LogP contribution in [0.5, 0.6) is 0 Å². The Bertz CT molecular complexity index is 106. The Labute approximate surface area is 71.1 Å². The third-order valence-corrected chi connectivity index (χ3v) is 2.69. The highest BCUT2D eigenvalue weighted by molar-refractivity contribution is 8.11. The van der Waals surface area contributed by atoms with Gasteiger partial charge in [-0.1, -0.05) is 6.92 Å². The molecule has 0 heterocycles. The van der Waals surface area contributed by atoms with E-state index < -0.39 is 0 Å². The summed E-state index contributed by atoms with van der Waals surface area (Å²) in [6.45, 7) is 2.06. The van der Waals surface area contributed by atoms with Crippen molar-refractivity contribution >= 4 is 30.4 Å². The molecule has 0 fully saturated rings. The van der Waals surface area contributed by atoms with Gasteiger partial charge in [0.2, 0.25) is 0 Å². The standard InChI is InChI=1S/C6H12O2S2/c1-3-4-10-6(9)5(7)8-2/h6,9H,3-4H2,1-2H3. The van der Waals surface area contributed by atoms with Crippen LogP contribution in [-0.2, 0) is 9.53 Å². The van der Waals surface area contributed by atoms with Crippen LogP contribution in [-0.4, -0.2) is 23.4 Å². The first kappa shape index (κ1) is 10.2. The van der Waals surface area contributed by atoms with E-state index in [9.17, 15) is 4.79 Å². The van der Waals surface area contributed by atoms with Crippen molar-refractivity contribution in [3.8, 4) is 0 Å². The Kier molecular flexibility index (Phi) is 6.02. The van der Waals surface area contributed by atoms with Crippen LogP contribution >= 0.6 is 24.4 Å². The van der Waals surface area contributed by atoms with Gasteiger partial charge in [-0.05, 0) is 12.2 Å². The van der Waals surface area contributed by atoms with Crippen molar-refractivity contribution in [1.82, 2.24) is 0 Å². The second-order valence-corrected chi connectivity index (χ2v) is 3.83. The smallest absolute Gasteiger partial charge is 0.328 e. The van der Waals surface area contributed by atoms with Crippen LogP contribution in [0.2, 0.25) is 0 Å². The molecule has 0 N–H and O–H groups in total. The van der Waals surface area contributed by atoms with Crippen molar-refractivity contribution in [2.75, 3.05) is 12.9 Å². The minimum absolute atomic E-state index is 0.262. The van der Waals surface area contributed by atoms with Gasteiger partial charge < -0.3 is 4.74 Å². The van der Waals surface area contributed by atoms with E-state index in [1.54, 1.807) is 0 Å². The maximum atomic E-state index is 10.7. The molecule has 1 unspecified atom stereocenters. The molecular weight excluding hydrogens is 168 g/mol. The summed E-state index contributed by atoms with van der Waals surface area (Å²) >= 11 is 5.53. The number of methoxy groups -OCH3 is 1. The summed E-state index contributed by atoms with van der Waals surface area (Å²) < 4.78 is 4.16. The lowest BCUT2D eigenvalue weighted by molar-refractivity contribution is -0.138. The number of thiol groups is 1. The van der Waals surface area contributed by atoms with Gasteiger partial charge in [0, 0.05) is 0 Å². The van der Waals surface area contributed by atoms with Crippen molar-refractivity contribution in [3.05, 3.63) is 0 Å². The van der Waals surface area contributed by atoms with Crippen molar-refractivity contribution < 1.29 is 9.53 Å². The van der Waals surface area contributed by atoms with E-state index in [0.29, 0.717) is 0 Å². The molecule has 10 heavy (non-hydrogen) atoms. The molecule has 1 atom stereocenters. The molecule has 0 aliphatic heterocycles. The molecule has 0 amide bonds. The molecule has 0 rings (SSSR count). The van der Waals surface area contributed by atoms with Crippen molar-refractivity contribution in [1.29, 1.82) is 0 Å². The number of rotatable bonds is 4. The van der Waals surface area contributed by atoms with Gasteiger partial charge >= 0.3 is 5.97 Å². The summed E-state index contributed by atoms with van der Waals surface area (Å²) in [6.07, 6.45) is 1.05.